The van der Waals surface area contributed by atoms with Gasteiger partial charge in [-0.05, 0) is 37.1 Å². The number of hydrogen-bond donors (Lipinski definition) is 0. The molecule has 1 aromatic heterocycles. The Kier molecular flexibility index (Phi) is 8.55. The van der Waals surface area contributed by atoms with Crippen molar-refractivity contribution in [1.29, 1.82) is 0 Å². The smallest absolute Gasteiger partial charge is 0.171 e. The van der Waals surface area contributed by atoms with Gasteiger partial charge in [-0.3, -0.25) is 0 Å². The Morgan fingerprint density at radius 3 is 2.55 bits per heavy atom. The lowest BCUT2D eigenvalue weighted by Crippen LogP contribution is -3.00. The van der Waals surface area contributed by atoms with Crippen LogP contribution in [0.2, 0.25) is 0 Å². The SMILES string of the molecule is CCCc1ccc(C#CCCC[n+]2cccc(C)c2)cc1.[Br-]. The molecule has 0 saturated carbocycles. The van der Waals surface area contributed by atoms with Crippen LogP contribution in [-0.2, 0) is 13.0 Å². The molecule has 0 bridgehead atoms. The average molecular weight is 358 g/mol. The van der Waals surface area contributed by atoms with Crippen LogP contribution in [0.15, 0.2) is 48.8 Å². The number of hydrogen-bond acceptors (Lipinski definition) is 0. The summed E-state index contributed by atoms with van der Waals surface area (Å²) in [6.07, 6.45) is 8.68. The van der Waals surface area contributed by atoms with Crippen LogP contribution in [-0.4, -0.2) is 0 Å². The molecule has 1 nitrogen and oxygen atoms in total. The van der Waals surface area contributed by atoms with E-state index in [1.165, 1.54) is 17.5 Å². The van der Waals surface area contributed by atoms with Gasteiger partial charge in [0.15, 0.2) is 12.4 Å². The Morgan fingerprint density at radius 2 is 1.86 bits per heavy atom. The molecule has 1 aromatic carbocycles. The highest BCUT2D eigenvalue weighted by molar-refractivity contribution is 5.36. The van der Waals surface area contributed by atoms with Gasteiger partial charge in [-0.15, -0.1) is 0 Å². The highest BCUT2D eigenvalue weighted by Crippen LogP contribution is 2.05. The van der Waals surface area contributed by atoms with Gasteiger partial charge in [0.1, 0.15) is 6.54 Å². The van der Waals surface area contributed by atoms with Crippen LogP contribution in [0.5, 0.6) is 0 Å². The Balaban J connectivity index is 0.00000242. The van der Waals surface area contributed by atoms with E-state index in [1.54, 1.807) is 0 Å². The molecule has 116 valence electrons. The van der Waals surface area contributed by atoms with Gasteiger partial charge < -0.3 is 17.0 Å². The number of pyridine rings is 1. The minimum Gasteiger partial charge on any atom is -1.00 e. The van der Waals surface area contributed by atoms with Gasteiger partial charge in [0.2, 0.25) is 0 Å². The molecular formula is C20H24BrN. The van der Waals surface area contributed by atoms with E-state index in [2.05, 4.69) is 79.0 Å². The van der Waals surface area contributed by atoms with Gasteiger partial charge in [0.05, 0.1) is 0 Å². The molecule has 0 atom stereocenters. The fourth-order valence-electron chi connectivity index (χ4n) is 2.35. The second-order valence-electron chi connectivity index (χ2n) is 5.47. The minimum atomic E-state index is 0. The first-order valence-corrected chi connectivity index (χ1v) is 7.81. The fraction of sp³-hybridized carbons (Fsp3) is 0.350. The lowest BCUT2D eigenvalue weighted by Gasteiger charge is -1.97. The zero-order valence-electron chi connectivity index (χ0n) is 13.5. The van der Waals surface area contributed by atoms with Gasteiger partial charge in [-0.1, -0.05) is 37.3 Å². The molecule has 0 saturated heterocycles. The van der Waals surface area contributed by atoms with Gasteiger partial charge in [-0.25, -0.2) is 4.57 Å². The zero-order chi connectivity index (χ0) is 14.9. The molecule has 2 aromatic rings. The Morgan fingerprint density at radius 1 is 1.09 bits per heavy atom. The van der Waals surface area contributed by atoms with E-state index < -0.39 is 0 Å². The second kappa shape index (κ2) is 10.2. The summed E-state index contributed by atoms with van der Waals surface area (Å²) in [7, 11) is 0. The largest absolute Gasteiger partial charge is 1.00 e. The molecule has 2 heteroatoms. The predicted molar refractivity (Wildman–Crippen MR) is 87.9 cm³/mol. The Bertz CT molecular complexity index is 620. The maximum atomic E-state index is 3.27. The molecule has 0 unspecified atom stereocenters. The van der Waals surface area contributed by atoms with E-state index in [1.807, 2.05) is 0 Å². The van der Waals surface area contributed by atoms with Crippen LogP contribution in [0.1, 0.15) is 42.9 Å². The molecule has 0 aliphatic carbocycles. The van der Waals surface area contributed by atoms with Crippen LogP contribution in [0.4, 0.5) is 0 Å². The summed E-state index contributed by atoms with van der Waals surface area (Å²) in [4.78, 5) is 0. The summed E-state index contributed by atoms with van der Waals surface area (Å²) in [5, 5.41) is 0. The Hall–Kier alpha value is -1.59. The lowest BCUT2D eigenvalue weighted by molar-refractivity contribution is -0.697. The van der Waals surface area contributed by atoms with Gasteiger partial charge in [0.25, 0.3) is 0 Å². The number of halogens is 1. The van der Waals surface area contributed by atoms with Crippen molar-refractivity contribution in [2.45, 2.75) is 46.1 Å². The number of rotatable bonds is 5. The minimum absolute atomic E-state index is 0. The molecule has 0 aliphatic rings. The van der Waals surface area contributed by atoms with E-state index in [9.17, 15) is 0 Å². The van der Waals surface area contributed by atoms with Crippen molar-refractivity contribution in [2.24, 2.45) is 0 Å². The standard InChI is InChI=1S/C20H24N.BrH/c1-3-8-19-11-13-20(14-12-19)10-5-4-6-15-21-16-7-9-18(2)17-21;/h7,9,11-14,16-17H,3-4,6,8,15H2,1-2H3;1H/q+1;/p-1. The molecule has 22 heavy (non-hydrogen) atoms. The number of benzene rings is 1. The van der Waals surface area contributed by atoms with E-state index in [4.69, 9.17) is 0 Å². The van der Waals surface area contributed by atoms with Crippen LogP contribution in [0, 0.1) is 18.8 Å². The van der Waals surface area contributed by atoms with Gasteiger partial charge >= 0.3 is 0 Å². The quantitative estimate of drug-likeness (QED) is 0.428. The van der Waals surface area contributed by atoms with Crippen LogP contribution in [0.25, 0.3) is 0 Å². The average Bonchev–Trinajstić information content (AvgIpc) is 2.49. The third-order valence-corrected chi connectivity index (χ3v) is 3.45. The first kappa shape index (κ1) is 18.5. The predicted octanol–water partition coefficient (Wildman–Crippen LogP) is 1.07. The van der Waals surface area contributed by atoms with E-state index >= 15 is 0 Å². The van der Waals surface area contributed by atoms with Crippen molar-refractivity contribution in [3.05, 3.63) is 65.5 Å². The van der Waals surface area contributed by atoms with Crippen molar-refractivity contribution in [3.63, 3.8) is 0 Å². The van der Waals surface area contributed by atoms with E-state index in [0.717, 1.165) is 31.4 Å². The normalized spacial score (nSPS) is 9.55. The third-order valence-electron chi connectivity index (χ3n) is 3.45. The summed E-state index contributed by atoms with van der Waals surface area (Å²) in [5.41, 5.74) is 3.83. The monoisotopic (exact) mass is 357 g/mol. The molecule has 0 aliphatic heterocycles. The number of unbranched alkanes of at least 4 members (excludes halogenated alkanes) is 1. The summed E-state index contributed by atoms with van der Waals surface area (Å²) in [6, 6.07) is 12.9. The molecule has 1 heterocycles. The molecule has 2 rings (SSSR count). The van der Waals surface area contributed by atoms with E-state index in [0.29, 0.717) is 0 Å². The highest BCUT2D eigenvalue weighted by atomic mass is 79.9. The van der Waals surface area contributed by atoms with Gasteiger partial charge in [0, 0.05) is 30.0 Å². The number of aromatic nitrogens is 1. The van der Waals surface area contributed by atoms with Crippen molar-refractivity contribution < 1.29 is 21.5 Å². The fourth-order valence-corrected chi connectivity index (χ4v) is 2.35. The van der Waals surface area contributed by atoms with Crippen molar-refractivity contribution in [3.8, 4) is 11.8 Å². The highest BCUT2D eigenvalue weighted by Gasteiger charge is 1.98. The van der Waals surface area contributed by atoms with Crippen LogP contribution < -0.4 is 21.5 Å². The van der Waals surface area contributed by atoms with Crippen LogP contribution in [0.3, 0.4) is 0 Å². The molecule has 0 radical (unpaired) electrons. The van der Waals surface area contributed by atoms with Gasteiger partial charge in [-0.2, -0.15) is 0 Å². The topological polar surface area (TPSA) is 3.88 Å². The number of nitrogens with zero attached hydrogens (tertiary/aromatic N) is 1. The van der Waals surface area contributed by atoms with E-state index in [-0.39, 0.29) is 17.0 Å². The number of aryl methyl sites for hydroxylation is 3. The third kappa shape index (κ3) is 6.45. The maximum absolute atomic E-state index is 3.27. The van der Waals surface area contributed by atoms with Crippen molar-refractivity contribution >= 4 is 0 Å². The van der Waals surface area contributed by atoms with Crippen LogP contribution >= 0.6 is 0 Å². The molecule has 0 amide bonds. The lowest BCUT2D eigenvalue weighted by atomic mass is 10.1. The molecule has 0 spiro atoms. The summed E-state index contributed by atoms with van der Waals surface area (Å²) < 4.78 is 2.23. The Labute approximate surface area is 145 Å². The summed E-state index contributed by atoms with van der Waals surface area (Å²) >= 11 is 0. The first-order valence-electron chi connectivity index (χ1n) is 7.81. The maximum Gasteiger partial charge on any atom is 0.171 e. The zero-order valence-corrected chi connectivity index (χ0v) is 15.1. The first-order chi connectivity index (χ1) is 10.3. The summed E-state index contributed by atoms with van der Waals surface area (Å²) in [6.45, 7) is 5.37. The second-order valence-corrected chi connectivity index (χ2v) is 5.47. The van der Waals surface area contributed by atoms with Crippen molar-refractivity contribution in [1.82, 2.24) is 0 Å². The molecular weight excluding hydrogens is 334 g/mol. The van der Waals surface area contributed by atoms with Crippen molar-refractivity contribution in [2.75, 3.05) is 0 Å². The molecule has 0 fully saturated rings. The molecule has 0 N–H and O–H groups in total. The summed E-state index contributed by atoms with van der Waals surface area (Å²) in [5.74, 6) is 6.53.